The molecule has 1 heterocycles. The Bertz CT molecular complexity index is 336. The summed E-state index contributed by atoms with van der Waals surface area (Å²) in [5, 5.41) is 2.73. The summed E-state index contributed by atoms with van der Waals surface area (Å²) in [6, 6.07) is 0. The van der Waals surface area contributed by atoms with Crippen LogP contribution in [-0.4, -0.2) is 30.1 Å². The number of rotatable bonds is 4. The molecule has 4 nitrogen and oxygen atoms in total. The summed E-state index contributed by atoms with van der Waals surface area (Å²) in [4.78, 5) is 10.2. The summed E-state index contributed by atoms with van der Waals surface area (Å²) < 4.78 is 13.4. The Kier molecular flexibility index (Phi) is 3.82. The topological polar surface area (TPSA) is 41.1 Å². The van der Waals surface area contributed by atoms with Gasteiger partial charge in [0.2, 0.25) is 5.95 Å². The molecule has 0 saturated heterocycles. The predicted molar refractivity (Wildman–Crippen MR) is 59.8 cm³/mol. The van der Waals surface area contributed by atoms with Crippen molar-refractivity contribution in [3.8, 4) is 0 Å². The van der Waals surface area contributed by atoms with Crippen molar-refractivity contribution in [2.75, 3.05) is 30.4 Å². The van der Waals surface area contributed by atoms with E-state index in [9.17, 15) is 4.39 Å². The highest BCUT2D eigenvalue weighted by atomic mass is 19.1. The Balaban J connectivity index is 3.15. The molecule has 0 aliphatic heterocycles. The van der Waals surface area contributed by atoms with Gasteiger partial charge in [-0.3, -0.25) is 0 Å². The van der Waals surface area contributed by atoms with Gasteiger partial charge in [0.1, 0.15) is 0 Å². The van der Waals surface area contributed by atoms with Crippen LogP contribution < -0.4 is 10.2 Å². The Morgan fingerprint density at radius 3 is 2.33 bits per heavy atom. The first-order chi connectivity index (χ1) is 7.13. The molecular formula is C10H17FN4. The summed E-state index contributed by atoms with van der Waals surface area (Å²) in [5.41, 5.74) is 0.372. The molecule has 0 aliphatic rings. The third kappa shape index (κ3) is 2.34. The van der Waals surface area contributed by atoms with E-state index in [1.807, 2.05) is 18.7 Å². The zero-order valence-electron chi connectivity index (χ0n) is 9.63. The maximum Gasteiger partial charge on any atom is 0.227 e. The van der Waals surface area contributed by atoms with Gasteiger partial charge in [0, 0.05) is 20.1 Å². The van der Waals surface area contributed by atoms with Crippen molar-refractivity contribution in [3.05, 3.63) is 11.5 Å². The van der Waals surface area contributed by atoms with Crippen molar-refractivity contribution >= 4 is 11.8 Å². The van der Waals surface area contributed by atoms with Gasteiger partial charge >= 0.3 is 0 Å². The minimum absolute atomic E-state index is 0.254. The second-order valence-electron chi connectivity index (χ2n) is 3.19. The van der Waals surface area contributed by atoms with Crippen LogP contribution in [0.2, 0.25) is 0 Å². The van der Waals surface area contributed by atoms with Gasteiger partial charge < -0.3 is 10.2 Å². The first-order valence-corrected chi connectivity index (χ1v) is 5.10. The number of hydrogen-bond donors (Lipinski definition) is 1. The van der Waals surface area contributed by atoms with Crippen molar-refractivity contribution in [3.63, 3.8) is 0 Å². The molecule has 1 aromatic rings. The Morgan fingerprint density at radius 2 is 1.87 bits per heavy atom. The highest BCUT2D eigenvalue weighted by Gasteiger charge is 2.12. The molecule has 1 aromatic heterocycles. The van der Waals surface area contributed by atoms with Crippen LogP contribution in [0.1, 0.15) is 19.5 Å². The van der Waals surface area contributed by atoms with Crippen molar-refractivity contribution < 1.29 is 4.39 Å². The lowest BCUT2D eigenvalue weighted by Crippen LogP contribution is -2.25. The highest BCUT2D eigenvalue weighted by molar-refractivity contribution is 5.44. The second kappa shape index (κ2) is 4.91. The quantitative estimate of drug-likeness (QED) is 0.826. The SMILES string of the molecule is CCN(CC)c1nc(C)c(F)c(NC)n1. The van der Waals surface area contributed by atoms with Crippen molar-refractivity contribution in [1.82, 2.24) is 9.97 Å². The van der Waals surface area contributed by atoms with Gasteiger partial charge in [-0.2, -0.15) is 4.98 Å². The first-order valence-electron chi connectivity index (χ1n) is 5.10. The number of nitrogens with zero attached hydrogens (tertiary/aromatic N) is 3. The van der Waals surface area contributed by atoms with E-state index in [-0.39, 0.29) is 11.6 Å². The third-order valence-electron chi connectivity index (χ3n) is 2.29. The smallest absolute Gasteiger partial charge is 0.227 e. The summed E-state index contributed by atoms with van der Waals surface area (Å²) in [7, 11) is 1.65. The van der Waals surface area contributed by atoms with Gasteiger partial charge in [0.15, 0.2) is 11.6 Å². The first kappa shape index (κ1) is 11.7. The predicted octanol–water partition coefficient (Wildman–Crippen LogP) is 1.81. The van der Waals surface area contributed by atoms with Crippen LogP contribution in [0.3, 0.4) is 0 Å². The van der Waals surface area contributed by atoms with Crippen LogP contribution in [0.4, 0.5) is 16.2 Å². The molecule has 15 heavy (non-hydrogen) atoms. The summed E-state index contributed by atoms with van der Waals surface area (Å²) >= 11 is 0. The number of aryl methyl sites for hydroxylation is 1. The lowest BCUT2D eigenvalue weighted by molar-refractivity contribution is 0.604. The lowest BCUT2D eigenvalue weighted by atomic mass is 10.4. The van der Waals surface area contributed by atoms with E-state index in [1.54, 1.807) is 14.0 Å². The van der Waals surface area contributed by atoms with Crippen LogP contribution in [0.5, 0.6) is 0 Å². The number of nitrogens with one attached hydrogen (secondary N) is 1. The number of anilines is 2. The average Bonchev–Trinajstić information content (AvgIpc) is 2.24. The third-order valence-corrected chi connectivity index (χ3v) is 2.29. The molecule has 1 rings (SSSR count). The summed E-state index contributed by atoms with van der Waals surface area (Å²) in [5.74, 6) is 0.445. The molecule has 1 N–H and O–H groups in total. The van der Waals surface area contributed by atoms with E-state index in [1.165, 1.54) is 0 Å². The largest absolute Gasteiger partial charge is 0.371 e. The molecule has 0 radical (unpaired) electrons. The monoisotopic (exact) mass is 212 g/mol. The Labute approximate surface area is 89.5 Å². The van der Waals surface area contributed by atoms with Gasteiger partial charge in [-0.15, -0.1) is 0 Å². The average molecular weight is 212 g/mol. The van der Waals surface area contributed by atoms with E-state index in [0.717, 1.165) is 13.1 Å². The van der Waals surface area contributed by atoms with Gasteiger partial charge in [-0.05, 0) is 20.8 Å². The standard InChI is InChI=1S/C10H17FN4/c1-5-15(6-2)10-13-7(3)8(11)9(12-4)14-10/h5-6H2,1-4H3,(H,12,13,14). The summed E-state index contributed by atoms with van der Waals surface area (Å²) in [6.07, 6.45) is 0. The van der Waals surface area contributed by atoms with Crippen LogP contribution >= 0.6 is 0 Å². The molecule has 84 valence electrons. The molecular weight excluding hydrogens is 195 g/mol. The number of halogens is 1. The Hall–Kier alpha value is -1.39. The molecule has 0 fully saturated rings. The van der Waals surface area contributed by atoms with E-state index in [2.05, 4.69) is 15.3 Å². The van der Waals surface area contributed by atoms with Gasteiger partial charge in [-0.1, -0.05) is 0 Å². The van der Waals surface area contributed by atoms with Gasteiger partial charge in [-0.25, -0.2) is 9.37 Å². The van der Waals surface area contributed by atoms with Crippen molar-refractivity contribution in [2.24, 2.45) is 0 Å². The molecule has 0 aliphatic carbocycles. The minimum atomic E-state index is -0.381. The highest BCUT2D eigenvalue weighted by Crippen LogP contribution is 2.17. The zero-order chi connectivity index (χ0) is 11.4. The van der Waals surface area contributed by atoms with Crippen LogP contribution in [0.15, 0.2) is 0 Å². The fourth-order valence-electron chi connectivity index (χ4n) is 1.36. The minimum Gasteiger partial charge on any atom is -0.371 e. The van der Waals surface area contributed by atoms with Crippen molar-refractivity contribution in [1.29, 1.82) is 0 Å². The van der Waals surface area contributed by atoms with Crippen LogP contribution in [0, 0.1) is 12.7 Å². The van der Waals surface area contributed by atoms with Gasteiger partial charge in [0.05, 0.1) is 5.69 Å². The second-order valence-corrected chi connectivity index (χ2v) is 3.19. The van der Waals surface area contributed by atoms with Gasteiger partial charge in [0.25, 0.3) is 0 Å². The maximum atomic E-state index is 13.4. The Morgan fingerprint density at radius 1 is 1.27 bits per heavy atom. The number of aromatic nitrogens is 2. The molecule has 5 heteroatoms. The van der Waals surface area contributed by atoms with E-state index in [0.29, 0.717) is 11.6 Å². The molecule has 0 bridgehead atoms. The maximum absolute atomic E-state index is 13.4. The summed E-state index contributed by atoms with van der Waals surface area (Å²) in [6.45, 7) is 7.30. The zero-order valence-corrected chi connectivity index (χ0v) is 9.63. The molecule has 0 unspecified atom stereocenters. The van der Waals surface area contributed by atoms with E-state index >= 15 is 0 Å². The van der Waals surface area contributed by atoms with Crippen molar-refractivity contribution in [2.45, 2.75) is 20.8 Å². The normalized spacial score (nSPS) is 10.2. The fourth-order valence-corrected chi connectivity index (χ4v) is 1.36. The fraction of sp³-hybridized carbons (Fsp3) is 0.600. The van der Waals surface area contributed by atoms with Crippen LogP contribution in [0.25, 0.3) is 0 Å². The molecule has 0 amide bonds. The molecule has 0 saturated carbocycles. The van der Waals surface area contributed by atoms with E-state index < -0.39 is 0 Å². The molecule has 0 spiro atoms. The number of hydrogen-bond acceptors (Lipinski definition) is 4. The van der Waals surface area contributed by atoms with Crippen LogP contribution in [-0.2, 0) is 0 Å². The van der Waals surface area contributed by atoms with E-state index in [4.69, 9.17) is 0 Å². The lowest BCUT2D eigenvalue weighted by Gasteiger charge is -2.19. The molecule has 0 aromatic carbocycles. The molecule has 0 atom stereocenters.